The van der Waals surface area contributed by atoms with E-state index in [4.69, 9.17) is 24.3 Å². The van der Waals surface area contributed by atoms with Crippen LogP contribution in [0.4, 0.5) is 0 Å². The van der Waals surface area contributed by atoms with Crippen LogP contribution in [0.1, 0.15) is 271 Å². The Morgan fingerprint density at radius 1 is 0.353 bits per heavy atom. The van der Waals surface area contributed by atoms with Gasteiger partial charge in [0, 0.05) is 19.4 Å². The highest BCUT2D eigenvalue weighted by Crippen LogP contribution is 2.43. The van der Waals surface area contributed by atoms with Crippen LogP contribution in [-0.4, -0.2) is 49.3 Å². The number of rotatable bonds is 62. The summed E-state index contributed by atoms with van der Waals surface area (Å²) in [7, 11) is -4.40. The Morgan fingerprint density at radius 2 is 0.612 bits per heavy atom. The van der Waals surface area contributed by atoms with Gasteiger partial charge >= 0.3 is 19.8 Å². The standard InChI is InChI=1S/C75H124NO8P/c1-3-5-7-9-11-13-15-17-19-21-23-25-27-29-31-33-35-36-38-40-42-44-46-48-50-52-54-56-58-60-62-64-66-68-75(78)84-73(72-83-85(79,80)82-70-69-76)71-81-74(77)67-65-63-61-59-57-55-53-51-49-47-45-43-41-39-37-34-32-30-28-26-24-22-20-18-16-14-12-10-8-6-4-2/h5-8,11-14,17-20,23-26,29-32,35-37,39-40,42,73H,3-4,9-10,15-16,21-22,27-28,33-34,38,41,43-72,76H2,1-2H3,(H,79,80)/b7-5-,8-6-,13-11-,14-12-,19-17-,20-18-,25-23-,26-24-,31-29-,32-30-,36-35-,39-37-,42-40-. The molecule has 0 aliphatic rings. The Hall–Kier alpha value is -4.37. The molecule has 85 heavy (non-hydrogen) atoms. The highest BCUT2D eigenvalue weighted by Gasteiger charge is 2.26. The zero-order chi connectivity index (χ0) is 61.6. The molecule has 0 rings (SSSR count). The quantitative estimate of drug-likeness (QED) is 0.0264. The highest BCUT2D eigenvalue weighted by molar-refractivity contribution is 7.47. The summed E-state index contributed by atoms with van der Waals surface area (Å²) in [6.45, 7) is 3.51. The van der Waals surface area contributed by atoms with Crippen LogP contribution in [0.2, 0.25) is 0 Å². The summed E-state index contributed by atoms with van der Waals surface area (Å²) in [6.07, 6.45) is 100. The van der Waals surface area contributed by atoms with E-state index in [9.17, 15) is 19.0 Å². The fourth-order valence-corrected chi connectivity index (χ4v) is 9.74. The average molecular weight is 1200 g/mol. The number of allylic oxidation sites excluding steroid dienone is 26. The van der Waals surface area contributed by atoms with E-state index in [2.05, 4.69) is 172 Å². The van der Waals surface area contributed by atoms with E-state index in [1.165, 1.54) is 103 Å². The lowest BCUT2D eigenvalue weighted by Gasteiger charge is -2.19. The summed E-state index contributed by atoms with van der Waals surface area (Å²) in [5.41, 5.74) is 5.40. The SMILES string of the molecule is CC/C=C\C/C=C\C/C=C\C/C=C\C/C=C\C/C=C\C/C=C\CCCCCCCCCCCCCC(=O)OC(COC(=O)CCCCCCCCCCCCCC/C=C\C/C=C\C/C=C\C/C=C\C/C=C\C/C=C\CC)COP(=O)(O)OCCN. The molecule has 9 nitrogen and oxygen atoms in total. The molecular weight excluding hydrogens is 1070 g/mol. The lowest BCUT2D eigenvalue weighted by Crippen LogP contribution is -2.29. The van der Waals surface area contributed by atoms with Crippen LogP contribution in [0, 0.1) is 0 Å². The Labute approximate surface area is 521 Å². The van der Waals surface area contributed by atoms with Crippen LogP contribution < -0.4 is 5.73 Å². The van der Waals surface area contributed by atoms with Gasteiger partial charge in [0.05, 0.1) is 13.2 Å². The molecule has 0 saturated heterocycles. The molecule has 482 valence electrons. The first-order chi connectivity index (χ1) is 41.8. The number of carbonyl (C=O) groups excluding carboxylic acids is 2. The van der Waals surface area contributed by atoms with Crippen molar-refractivity contribution in [3.05, 3.63) is 158 Å². The molecule has 0 aromatic heterocycles. The molecule has 10 heteroatoms. The van der Waals surface area contributed by atoms with Crippen LogP contribution in [0.25, 0.3) is 0 Å². The second-order valence-corrected chi connectivity index (χ2v) is 23.4. The molecule has 0 fully saturated rings. The van der Waals surface area contributed by atoms with E-state index < -0.39 is 26.5 Å². The van der Waals surface area contributed by atoms with E-state index in [-0.39, 0.29) is 38.6 Å². The fraction of sp³-hybridized carbons (Fsp3) is 0.627. The van der Waals surface area contributed by atoms with Gasteiger partial charge in [-0.2, -0.15) is 0 Å². The van der Waals surface area contributed by atoms with Gasteiger partial charge in [-0.3, -0.25) is 18.6 Å². The Balaban J connectivity index is 3.96. The van der Waals surface area contributed by atoms with Gasteiger partial charge in [-0.1, -0.05) is 294 Å². The number of hydrogen-bond acceptors (Lipinski definition) is 8. The lowest BCUT2D eigenvalue weighted by molar-refractivity contribution is -0.161. The number of phosphoric acid groups is 1. The van der Waals surface area contributed by atoms with Crippen molar-refractivity contribution in [1.29, 1.82) is 0 Å². The van der Waals surface area contributed by atoms with E-state index in [0.717, 1.165) is 135 Å². The second kappa shape index (κ2) is 68.7. The first kappa shape index (κ1) is 80.6. The smallest absolute Gasteiger partial charge is 0.462 e. The summed E-state index contributed by atoms with van der Waals surface area (Å²) in [6, 6.07) is 0. The van der Waals surface area contributed by atoms with Gasteiger partial charge in [0.15, 0.2) is 6.10 Å². The molecule has 0 saturated carbocycles. The molecule has 0 aromatic carbocycles. The average Bonchev–Trinajstić information content (AvgIpc) is 3.52. The highest BCUT2D eigenvalue weighted by atomic mass is 31.2. The minimum atomic E-state index is -4.40. The largest absolute Gasteiger partial charge is 0.472 e. The maximum Gasteiger partial charge on any atom is 0.472 e. The van der Waals surface area contributed by atoms with E-state index in [0.29, 0.717) is 6.42 Å². The number of unbranched alkanes of at least 4 members (excludes halogenated alkanes) is 23. The zero-order valence-electron chi connectivity index (χ0n) is 54.0. The normalized spacial score (nSPS) is 14.0. The predicted octanol–water partition coefficient (Wildman–Crippen LogP) is 22.4. The monoisotopic (exact) mass is 1200 g/mol. The topological polar surface area (TPSA) is 134 Å². The van der Waals surface area contributed by atoms with Crippen molar-refractivity contribution in [1.82, 2.24) is 0 Å². The predicted molar refractivity (Wildman–Crippen MR) is 366 cm³/mol. The summed E-state index contributed by atoms with van der Waals surface area (Å²) in [5, 5.41) is 0. The lowest BCUT2D eigenvalue weighted by atomic mass is 10.0. The summed E-state index contributed by atoms with van der Waals surface area (Å²) < 4.78 is 33.2. The Morgan fingerprint density at radius 3 is 0.906 bits per heavy atom. The van der Waals surface area contributed by atoms with Crippen LogP contribution in [0.15, 0.2) is 158 Å². The number of ether oxygens (including phenoxy) is 2. The minimum absolute atomic E-state index is 0.0456. The van der Waals surface area contributed by atoms with Gasteiger partial charge in [0.1, 0.15) is 6.61 Å². The van der Waals surface area contributed by atoms with Crippen molar-refractivity contribution in [3.8, 4) is 0 Å². The van der Waals surface area contributed by atoms with Gasteiger partial charge in [-0.15, -0.1) is 0 Å². The molecule has 0 aliphatic heterocycles. The third kappa shape index (κ3) is 68.6. The maximum atomic E-state index is 12.8. The summed E-state index contributed by atoms with van der Waals surface area (Å²) in [5.74, 6) is -0.838. The molecule has 3 N–H and O–H groups in total. The third-order valence-electron chi connectivity index (χ3n) is 13.9. The maximum absolute atomic E-state index is 12.8. The molecule has 0 heterocycles. The van der Waals surface area contributed by atoms with Crippen LogP contribution >= 0.6 is 7.82 Å². The van der Waals surface area contributed by atoms with Crippen molar-refractivity contribution < 1.29 is 37.6 Å². The van der Waals surface area contributed by atoms with Gasteiger partial charge < -0.3 is 20.1 Å². The molecule has 0 aromatic rings. The minimum Gasteiger partial charge on any atom is -0.462 e. The Kier molecular flexibility index (Phi) is 65.2. The van der Waals surface area contributed by atoms with Crippen molar-refractivity contribution in [3.63, 3.8) is 0 Å². The van der Waals surface area contributed by atoms with Crippen LogP contribution in [0.3, 0.4) is 0 Å². The zero-order valence-corrected chi connectivity index (χ0v) is 54.9. The first-order valence-corrected chi connectivity index (χ1v) is 35.5. The number of carbonyl (C=O) groups is 2. The summed E-state index contributed by atoms with van der Waals surface area (Å²) in [4.78, 5) is 35.4. The molecule has 0 spiro atoms. The van der Waals surface area contributed by atoms with E-state index in [1.807, 2.05) is 0 Å². The van der Waals surface area contributed by atoms with Crippen LogP contribution in [-0.2, 0) is 32.7 Å². The molecule has 2 atom stereocenters. The Bertz CT molecular complexity index is 1950. The third-order valence-corrected chi connectivity index (χ3v) is 14.9. The van der Waals surface area contributed by atoms with E-state index in [1.54, 1.807) is 0 Å². The molecular formula is C75H124NO8P. The van der Waals surface area contributed by atoms with E-state index >= 15 is 0 Å². The van der Waals surface area contributed by atoms with Crippen molar-refractivity contribution in [2.45, 2.75) is 277 Å². The van der Waals surface area contributed by atoms with Gasteiger partial charge in [0.25, 0.3) is 0 Å². The van der Waals surface area contributed by atoms with Gasteiger partial charge in [-0.05, 0) is 122 Å². The fourth-order valence-electron chi connectivity index (χ4n) is 8.97. The first-order valence-electron chi connectivity index (χ1n) is 34.0. The van der Waals surface area contributed by atoms with Gasteiger partial charge in [-0.25, -0.2) is 4.57 Å². The number of hydrogen-bond donors (Lipinski definition) is 2. The molecule has 0 radical (unpaired) electrons. The van der Waals surface area contributed by atoms with Crippen LogP contribution in [0.5, 0.6) is 0 Å². The summed E-state index contributed by atoms with van der Waals surface area (Å²) >= 11 is 0. The number of esters is 2. The van der Waals surface area contributed by atoms with Crippen molar-refractivity contribution in [2.24, 2.45) is 5.73 Å². The van der Waals surface area contributed by atoms with Gasteiger partial charge in [0.2, 0.25) is 0 Å². The molecule has 0 amide bonds. The molecule has 0 bridgehead atoms. The molecule has 2 unspecified atom stereocenters. The van der Waals surface area contributed by atoms with Crippen molar-refractivity contribution >= 4 is 19.8 Å². The number of nitrogens with two attached hydrogens (primary N) is 1. The number of phosphoric ester groups is 1. The van der Waals surface area contributed by atoms with Crippen molar-refractivity contribution in [2.75, 3.05) is 26.4 Å². The second-order valence-electron chi connectivity index (χ2n) is 21.9. The molecule has 0 aliphatic carbocycles.